The van der Waals surface area contributed by atoms with Gasteiger partial charge in [-0.25, -0.2) is 14.8 Å². The van der Waals surface area contributed by atoms with Crippen molar-refractivity contribution < 1.29 is 14.3 Å². The molecule has 1 aromatic heterocycles. The molecule has 1 amide bonds. The van der Waals surface area contributed by atoms with E-state index in [1.165, 1.54) is 0 Å². The molecule has 0 saturated carbocycles. The number of carbonyl (C=O) groups is 1. The van der Waals surface area contributed by atoms with Crippen LogP contribution in [0.3, 0.4) is 0 Å². The second-order valence-corrected chi connectivity index (χ2v) is 6.02. The highest BCUT2D eigenvalue weighted by molar-refractivity contribution is 9.10. The molecule has 0 atom stereocenters. The number of halogens is 1. The summed E-state index contributed by atoms with van der Waals surface area (Å²) < 4.78 is 11.4. The first-order chi connectivity index (χ1) is 8.83. The maximum absolute atomic E-state index is 11.7. The molecule has 2 heterocycles. The van der Waals surface area contributed by atoms with Gasteiger partial charge in [0.05, 0.1) is 25.5 Å². The van der Waals surface area contributed by atoms with Crippen molar-refractivity contribution in [3.05, 3.63) is 17.1 Å². The van der Waals surface area contributed by atoms with Crippen LogP contribution in [-0.2, 0) is 4.74 Å². The Morgan fingerprint density at radius 3 is 2.47 bits per heavy atom. The molecule has 104 valence electrons. The van der Waals surface area contributed by atoms with Gasteiger partial charge in [0.25, 0.3) is 0 Å². The molecule has 0 aliphatic carbocycles. The number of amides is 1. The van der Waals surface area contributed by atoms with Gasteiger partial charge in [-0.1, -0.05) is 0 Å². The molecule has 1 aliphatic heterocycles. The number of ether oxygens (including phenoxy) is 2. The molecule has 0 bridgehead atoms. The second kappa shape index (κ2) is 5.32. The lowest BCUT2D eigenvalue weighted by molar-refractivity contribution is -0.0223. The van der Waals surface area contributed by atoms with Crippen molar-refractivity contribution in [3.8, 4) is 5.75 Å². The van der Waals surface area contributed by atoms with Crippen molar-refractivity contribution in [2.45, 2.75) is 32.5 Å². The molecule has 0 N–H and O–H groups in total. The van der Waals surface area contributed by atoms with Crippen molar-refractivity contribution in [2.24, 2.45) is 0 Å². The number of nitrogens with zero attached hydrogens (tertiary/aromatic N) is 3. The quantitative estimate of drug-likeness (QED) is 0.778. The number of hydrogen-bond acceptors (Lipinski definition) is 5. The largest absolute Gasteiger partial charge is 0.483 e. The first-order valence-electron chi connectivity index (χ1n) is 5.95. The molecule has 2 rings (SSSR count). The Hall–Kier alpha value is -1.37. The minimum absolute atomic E-state index is 0.0303. The summed E-state index contributed by atoms with van der Waals surface area (Å²) in [6.45, 7) is 6.57. The van der Waals surface area contributed by atoms with E-state index in [9.17, 15) is 4.79 Å². The lowest BCUT2D eigenvalue weighted by Gasteiger charge is -2.39. The molecule has 0 aromatic carbocycles. The van der Waals surface area contributed by atoms with Crippen LogP contribution in [0.25, 0.3) is 0 Å². The molecule has 0 radical (unpaired) electrons. The van der Waals surface area contributed by atoms with Gasteiger partial charge in [0.15, 0.2) is 10.5 Å². The minimum Gasteiger partial charge on any atom is -0.483 e. The highest BCUT2D eigenvalue weighted by atomic mass is 79.9. The molecule has 1 aromatic rings. The van der Waals surface area contributed by atoms with Crippen LogP contribution < -0.4 is 4.74 Å². The van der Waals surface area contributed by atoms with E-state index in [1.807, 2.05) is 20.8 Å². The number of carbonyl (C=O) groups excluding carboxylic acids is 1. The molecule has 1 saturated heterocycles. The summed E-state index contributed by atoms with van der Waals surface area (Å²) in [6.07, 6.45) is 2.84. The predicted octanol–water partition coefficient (Wildman–Crippen LogP) is 2.24. The van der Waals surface area contributed by atoms with E-state index in [-0.39, 0.29) is 12.2 Å². The molecule has 0 spiro atoms. The zero-order chi connectivity index (χ0) is 14.0. The Morgan fingerprint density at radius 2 is 1.95 bits per heavy atom. The SMILES string of the molecule is CC(C)(C)OC(=O)N1CC(Oc2cnc(Br)nc2)C1. The Bertz CT molecular complexity index is 452. The van der Waals surface area contributed by atoms with E-state index >= 15 is 0 Å². The van der Waals surface area contributed by atoms with Crippen LogP contribution in [0.15, 0.2) is 17.1 Å². The zero-order valence-corrected chi connectivity index (χ0v) is 12.7. The van der Waals surface area contributed by atoms with Crippen molar-refractivity contribution in [3.63, 3.8) is 0 Å². The first-order valence-corrected chi connectivity index (χ1v) is 6.75. The summed E-state index contributed by atoms with van der Waals surface area (Å²) in [5.74, 6) is 0.594. The Kier molecular flexibility index (Phi) is 3.93. The van der Waals surface area contributed by atoms with Crippen LogP contribution in [0, 0.1) is 0 Å². The fourth-order valence-electron chi connectivity index (χ4n) is 1.54. The van der Waals surface area contributed by atoms with Crippen LogP contribution in [-0.4, -0.2) is 45.8 Å². The fourth-order valence-corrected chi connectivity index (χ4v) is 1.75. The lowest BCUT2D eigenvalue weighted by Crippen LogP contribution is -2.57. The van der Waals surface area contributed by atoms with Gasteiger partial charge in [0, 0.05) is 0 Å². The summed E-state index contributed by atoms with van der Waals surface area (Å²) in [6, 6.07) is 0. The van der Waals surface area contributed by atoms with Crippen LogP contribution in [0.2, 0.25) is 0 Å². The van der Waals surface area contributed by atoms with E-state index in [0.29, 0.717) is 23.6 Å². The van der Waals surface area contributed by atoms with Crippen LogP contribution in [0.4, 0.5) is 4.79 Å². The third-order valence-corrected chi connectivity index (χ3v) is 2.81. The topological polar surface area (TPSA) is 64.5 Å². The van der Waals surface area contributed by atoms with E-state index in [0.717, 1.165) is 0 Å². The molecule has 1 aliphatic rings. The Balaban J connectivity index is 1.77. The molecule has 7 heteroatoms. The average Bonchev–Trinajstić information content (AvgIpc) is 2.22. The van der Waals surface area contributed by atoms with Crippen molar-refractivity contribution in [1.29, 1.82) is 0 Å². The highest BCUT2D eigenvalue weighted by Crippen LogP contribution is 2.19. The maximum atomic E-state index is 11.7. The van der Waals surface area contributed by atoms with E-state index in [2.05, 4.69) is 25.9 Å². The van der Waals surface area contributed by atoms with E-state index < -0.39 is 5.60 Å². The third kappa shape index (κ3) is 4.05. The Labute approximate surface area is 120 Å². The summed E-state index contributed by atoms with van der Waals surface area (Å²) in [7, 11) is 0. The van der Waals surface area contributed by atoms with E-state index in [1.54, 1.807) is 17.3 Å². The fraction of sp³-hybridized carbons (Fsp3) is 0.583. The molecular formula is C12H16BrN3O3. The minimum atomic E-state index is -0.470. The number of hydrogen-bond donors (Lipinski definition) is 0. The van der Waals surface area contributed by atoms with Gasteiger partial charge in [-0.3, -0.25) is 0 Å². The number of aromatic nitrogens is 2. The molecule has 0 unspecified atom stereocenters. The molecule has 1 fully saturated rings. The van der Waals surface area contributed by atoms with Gasteiger partial charge in [0.2, 0.25) is 0 Å². The summed E-state index contributed by atoms with van der Waals surface area (Å²) in [5.41, 5.74) is -0.470. The summed E-state index contributed by atoms with van der Waals surface area (Å²) >= 11 is 3.15. The van der Waals surface area contributed by atoms with Gasteiger partial charge < -0.3 is 14.4 Å². The highest BCUT2D eigenvalue weighted by Gasteiger charge is 2.35. The Morgan fingerprint density at radius 1 is 1.37 bits per heavy atom. The third-order valence-electron chi connectivity index (χ3n) is 2.40. The van der Waals surface area contributed by atoms with Crippen LogP contribution in [0.5, 0.6) is 5.75 Å². The van der Waals surface area contributed by atoms with Gasteiger partial charge in [-0.2, -0.15) is 0 Å². The summed E-state index contributed by atoms with van der Waals surface area (Å²) in [5, 5.41) is 0. The van der Waals surface area contributed by atoms with Crippen LogP contribution in [0.1, 0.15) is 20.8 Å². The predicted molar refractivity (Wildman–Crippen MR) is 72.0 cm³/mol. The first kappa shape index (κ1) is 14.0. The number of rotatable bonds is 2. The van der Waals surface area contributed by atoms with Gasteiger partial charge in [-0.15, -0.1) is 0 Å². The average molecular weight is 330 g/mol. The van der Waals surface area contributed by atoms with Crippen LogP contribution >= 0.6 is 15.9 Å². The van der Waals surface area contributed by atoms with Gasteiger partial charge in [0.1, 0.15) is 11.7 Å². The van der Waals surface area contributed by atoms with E-state index in [4.69, 9.17) is 9.47 Å². The maximum Gasteiger partial charge on any atom is 0.410 e. The summed E-state index contributed by atoms with van der Waals surface area (Å²) in [4.78, 5) is 21.2. The van der Waals surface area contributed by atoms with Gasteiger partial charge in [-0.05, 0) is 36.7 Å². The zero-order valence-electron chi connectivity index (χ0n) is 11.1. The van der Waals surface area contributed by atoms with Crippen molar-refractivity contribution >= 4 is 22.0 Å². The molecule has 19 heavy (non-hydrogen) atoms. The molecule has 6 nitrogen and oxygen atoms in total. The smallest absolute Gasteiger partial charge is 0.410 e. The molecular weight excluding hydrogens is 314 g/mol. The standard InChI is InChI=1S/C12H16BrN3O3/c1-12(2,3)19-11(17)16-6-9(7-16)18-8-4-14-10(13)15-5-8/h4-5,9H,6-7H2,1-3H3. The van der Waals surface area contributed by atoms with Crippen molar-refractivity contribution in [1.82, 2.24) is 14.9 Å². The second-order valence-electron chi connectivity index (χ2n) is 5.31. The normalized spacial score (nSPS) is 15.9. The van der Waals surface area contributed by atoms with Gasteiger partial charge >= 0.3 is 6.09 Å². The van der Waals surface area contributed by atoms with Crippen molar-refractivity contribution in [2.75, 3.05) is 13.1 Å². The lowest BCUT2D eigenvalue weighted by atomic mass is 10.2. The monoisotopic (exact) mass is 329 g/mol. The number of likely N-dealkylation sites (tertiary alicyclic amines) is 1.